The first-order valence-corrected chi connectivity index (χ1v) is 4.13. The van der Waals surface area contributed by atoms with E-state index in [-0.39, 0.29) is 0 Å². The first kappa shape index (κ1) is 8.19. The molecule has 0 fully saturated rings. The van der Waals surface area contributed by atoms with Gasteiger partial charge in [0, 0.05) is 18.0 Å². The summed E-state index contributed by atoms with van der Waals surface area (Å²) in [4.78, 5) is 15.0. The Kier molecular flexibility index (Phi) is 1.98. The Labute approximate surface area is 80.0 Å². The van der Waals surface area contributed by atoms with Crippen LogP contribution in [0.5, 0.6) is 0 Å². The van der Waals surface area contributed by atoms with Crippen molar-refractivity contribution in [2.45, 2.75) is 6.92 Å². The van der Waals surface area contributed by atoms with Gasteiger partial charge in [-0.2, -0.15) is 0 Å². The molecule has 2 aromatic heterocycles. The molecule has 0 unspecified atom stereocenters. The molecule has 0 aromatic carbocycles. The van der Waals surface area contributed by atoms with Gasteiger partial charge in [0.25, 0.3) is 0 Å². The first-order chi connectivity index (χ1) is 6.25. The van der Waals surface area contributed by atoms with Crippen LogP contribution in [-0.4, -0.2) is 19.9 Å². The molecule has 2 aromatic rings. The van der Waals surface area contributed by atoms with E-state index in [9.17, 15) is 0 Å². The smallest absolute Gasteiger partial charge is 0.156 e. The SMILES string of the molecule is Cc1cnc(-c2cc(Cl)ncn2)[nH]1. The van der Waals surface area contributed by atoms with Gasteiger partial charge in [-0.15, -0.1) is 0 Å². The van der Waals surface area contributed by atoms with Gasteiger partial charge in [0.15, 0.2) is 5.82 Å². The summed E-state index contributed by atoms with van der Waals surface area (Å²) >= 11 is 5.71. The number of aromatic amines is 1. The van der Waals surface area contributed by atoms with Gasteiger partial charge >= 0.3 is 0 Å². The number of nitrogens with zero attached hydrogens (tertiary/aromatic N) is 3. The van der Waals surface area contributed by atoms with Gasteiger partial charge in [0.1, 0.15) is 17.2 Å². The Balaban J connectivity index is 2.46. The van der Waals surface area contributed by atoms with E-state index >= 15 is 0 Å². The molecule has 0 aliphatic carbocycles. The lowest BCUT2D eigenvalue weighted by Gasteiger charge is -1.94. The maximum atomic E-state index is 5.71. The van der Waals surface area contributed by atoms with Crippen LogP contribution in [-0.2, 0) is 0 Å². The summed E-state index contributed by atoms with van der Waals surface area (Å²) in [5.74, 6) is 0.710. The van der Waals surface area contributed by atoms with E-state index < -0.39 is 0 Å². The van der Waals surface area contributed by atoms with Crippen LogP contribution in [0, 0.1) is 6.92 Å². The molecular weight excluding hydrogens is 188 g/mol. The van der Waals surface area contributed by atoms with Crippen molar-refractivity contribution in [3.05, 3.63) is 29.4 Å². The minimum absolute atomic E-state index is 0.416. The topological polar surface area (TPSA) is 54.5 Å². The fourth-order valence-corrected chi connectivity index (χ4v) is 1.15. The first-order valence-electron chi connectivity index (χ1n) is 3.75. The zero-order chi connectivity index (χ0) is 9.26. The standard InChI is InChI=1S/C8H7ClN4/c1-5-3-10-8(13-5)6-2-7(9)12-4-11-6/h2-4H,1H3,(H,10,13). The molecule has 0 amide bonds. The zero-order valence-corrected chi connectivity index (χ0v) is 7.71. The Bertz CT molecular complexity index is 424. The van der Waals surface area contributed by atoms with Crippen LogP contribution in [0.15, 0.2) is 18.6 Å². The predicted octanol–water partition coefficient (Wildman–Crippen LogP) is 1.83. The highest BCUT2D eigenvalue weighted by atomic mass is 35.5. The molecule has 4 nitrogen and oxygen atoms in total. The van der Waals surface area contributed by atoms with E-state index in [0.717, 1.165) is 5.69 Å². The van der Waals surface area contributed by atoms with E-state index in [1.165, 1.54) is 6.33 Å². The Morgan fingerprint density at radius 1 is 1.31 bits per heavy atom. The summed E-state index contributed by atoms with van der Waals surface area (Å²) in [6.45, 7) is 1.93. The second-order valence-electron chi connectivity index (χ2n) is 2.64. The average Bonchev–Trinajstić information content (AvgIpc) is 2.52. The lowest BCUT2D eigenvalue weighted by atomic mass is 10.4. The van der Waals surface area contributed by atoms with Crippen molar-refractivity contribution in [2.75, 3.05) is 0 Å². The summed E-state index contributed by atoms with van der Waals surface area (Å²) in [6.07, 6.45) is 3.15. The number of nitrogens with one attached hydrogen (secondary N) is 1. The van der Waals surface area contributed by atoms with Gasteiger partial charge in [-0.05, 0) is 6.92 Å². The van der Waals surface area contributed by atoms with Gasteiger partial charge in [-0.1, -0.05) is 11.6 Å². The van der Waals surface area contributed by atoms with Crippen molar-refractivity contribution in [2.24, 2.45) is 0 Å². The van der Waals surface area contributed by atoms with Crippen LogP contribution < -0.4 is 0 Å². The summed E-state index contributed by atoms with van der Waals surface area (Å²) in [7, 11) is 0. The number of rotatable bonds is 1. The van der Waals surface area contributed by atoms with Crippen LogP contribution in [0.1, 0.15) is 5.69 Å². The van der Waals surface area contributed by atoms with Gasteiger partial charge in [-0.3, -0.25) is 0 Å². The second kappa shape index (κ2) is 3.14. The normalized spacial score (nSPS) is 10.3. The zero-order valence-electron chi connectivity index (χ0n) is 6.95. The third kappa shape index (κ3) is 1.67. The number of H-pyrrole nitrogens is 1. The molecule has 0 saturated heterocycles. The van der Waals surface area contributed by atoms with Crippen molar-refractivity contribution in [1.29, 1.82) is 0 Å². The van der Waals surface area contributed by atoms with Gasteiger partial charge < -0.3 is 4.98 Å². The fourth-order valence-electron chi connectivity index (χ4n) is 1.01. The quantitative estimate of drug-likeness (QED) is 0.705. The summed E-state index contributed by atoms with van der Waals surface area (Å²) in [6, 6.07) is 1.67. The van der Waals surface area contributed by atoms with Crippen LogP contribution in [0.2, 0.25) is 5.15 Å². The van der Waals surface area contributed by atoms with Gasteiger partial charge in [0.2, 0.25) is 0 Å². The van der Waals surface area contributed by atoms with Crippen LogP contribution in [0.4, 0.5) is 0 Å². The van der Waals surface area contributed by atoms with Crippen LogP contribution >= 0.6 is 11.6 Å². The van der Waals surface area contributed by atoms with Crippen molar-refractivity contribution >= 4 is 11.6 Å². The third-order valence-corrected chi connectivity index (χ3v) is 1.79. The maximum Gasteiger partial charge on any atom is 0.156 e. The second-order valence-corrected chi connectivity index (χ2v) is 3.03. The molecule has 0 radical (unpaired) electrons. The molecule has 1 N–H and O–H groups in total. The highest BCUT2D eigenvalue weighted by Crippen LogP contribution is 2.14. The molecule has 2 rings (SSSR count). The lowest BCUT2D eigenvalue weighted by molar-refractivity contribution is 1.13. The summed E-state index contributed by atoms with van der Waals surface area (Å²) in [5, 5.41) is 0.416. The van der Waals surface area contributed by atoms with Crippen LogP contribution in [0.3, 0.4) is 0 Å². The van der Waals surface area contributed by atoms with Gasteiger partial charge in [-0.25, -0.2) is 15.0 Å². The molecule has 0 aliphatic rings. The van der Waals surface area contributed by atoms with E-state index in [0.29, 0.717) is 16.7 Å². The predicted molar refractivity (Wildman–Crippen MR) is 49.4 cm³/mol. The highest BCUT2D eigenvalue weighted by Gasteiger charge is 2.03. The largest absolute Gasteiger partial charge is 0.341 e. The molecule has 0 spiro atoms. The molecule has 2 heterocycles. The van der Waals surface area contributed by atoms with E-state index in [1.807, 2.05) is 6.92 Å². The van der Waals surface area contributed by atoms with Crippen molar-refractivity contribution in [3.8, 4) is 11.5 Å². The molecule has 5 heteroatoms. The van der Waals surface area contributed by atoms with Gasteiger partial charge in [0.05, 0.1) is 0 Å². The number of hydrogen-bond donors (Lipinski definition) is 1. The Morgan fingerprint density at radius 2 is 2.15 bits per heavy atom. The number of aromatic nitrogens is 4. The van der Waals surface area contributed by atoms with Crippen molar-refractivity contribution < 1.29 is 0 Å². The number of imidazole rings is 1. The molecule has 0 aliphatic heterocycles. The number of aryl methyl sites for hydroxylation is 1. The van der Waals surface area contributed by atoms with E-state index in [1.54, 1.807) is 12.3 Å². The fraction of sp³-hybridized carbons (Fsp3) is 0.125. The Hall–Kier alpha value is -1.42. The summed E-state index contributed by atoms with van der Waals surface area (Å²) in [5.41, 5.74) is 1.69. The molecule has 0 atom stereocenters. The van der Waals surface area contributed by atoms with Crippen molar-refractivity contribution in [3.63, 3.8) is 0 Å². The van der Waals surface area contributed by atoms with Crippen molar-refractivity contribution in [1.82, 2.24) is 19.9 Å². The van der Waals surface area contributed by atoms with E-state index in [4.69, 9.17) is 11.6 Å². The lowest BCUT2D eigenvalue weighted by Crippen LogP contribution is -1.87. The molecule has 0 bridgehead atoms. The van der Waals surface area contributed by atoms with Crippen LogP contribution in [0.25, 0.3) is 11.5 Å². The van der Waals surface area contributed by atoms with E-state index in [2.05, 4.69) is 19.9 Å². The number of hydrogen-bond acceptors (Lipinski definition) is 3. The molecule has 0 saturated carbocycles. The minimum atomic E-state index is 0.416. The summed E-state index contributed by atoms with van der Waals surface area (Å²) < 4.78 is 0. The molecular formula is C8H7ClN4. The average molecular weight is 195 g/mol. The Morgan fingerprint density at radius 3 is 2.77 bits per heavy atom. The molecule has 13 heavy (non-hydrogen) atoms. The third-order valence-electron chi connectivity index (χ3n) is 1.58. The number of halogens is 1. The highest BCUT2D eigenvalue weighted by molar-refractivity contribution is 6.29. The molecule has 66 valence electrons. The monoisotopic (exact) mass is 194 g/mol. The maximum absolute atomic E-state index is 5.71. The minimum Gasteiger partial charge on any atom is -0.341 e.